The third-order valence-electron chi connectivity index (χ3n) is 3.87. The molecule has 0 spiro atoms. The molecule has 0 atom stereocenters. The molecule has 0 bridgehead atoms. The van der Waals surface area contributed by atoms with E-state index in [1.165, 1.54) is 6.20 Å². The molecule has 0 aliphatic carbocycles. The Hall–Kier alpha value is -2.43. The highest BCUT2D eigenvalue weighted by Crippen LogP contribution is 2.14. The standard InChI is InChI=1S/C15H20BN5O4/c1-20-10-12(8-13(19-20)16(23)24)18-14-3-2-11(9-17-14)15(22)21-4-6-25-7-5-21/h2-3,8-9,23-24H,4-7,10H2,1H3,(H,17,18). The molecule has 1 aromatic heterocycles. The van der Waals surface area contributed by atoms with Crippen LogP contribution in [0.4, 0.5) is 5.82 Å². The number of allylic oxidation sites excluding steroid dienone is 1. The van der Waals surface area contributed by atoms with Crippen LogP contribution in [0.5, 0.6) is 0 Å². The summed E-state index contributed by atoms with van der Waals surface area (Å²) in [5.41, 5.74) is 1.39. The number of carbonyl (C=O) groups excluding carboxylic acids is 1. The molecule has 2 aliphatic heterocycles. The van der Waals surface area contributed by atoms with Crippen LogP contribution in [0.2, 0.25) is 0 Å². The van der Waals surface area contributed by atoms with Gasteiger partial charge < -0.3 is 25.0 Å². The van der Waals surface area contributed by atoms with Gasteiger partial charge in [-0.15, -0.1) is 0 Å². The van der Waals surface area contributed by atoms with Crippen molar-refractivity contribution in [1.82, 2.24) is 14.9 Å². The minimum Gasteiger partial charge on any atom is -0.422 e. The summed E-state index contributed by atoms with van der Waals surface area (Å²) in [5.74, 6) is 0.503. The maximum Gasteiger partial charge on any atom is 0.510 e. The van der Waals surface area contributed by atoms with Crippen molar-refractivity contribution >= 4 is 24.5 Å². The maximum absolute atomic E-state index is 12.4. The van der Waals surface area contributed by atoms with Crippen LogP contribution in [0.3, 0.4) is 0 Å². The van der Waals surface area contributed by atoms with Gasteiger partial charge in [-0.05, 0) is 18.2 Å². The van der Waals surface area contributed by atoms with E-state index in [0.29, 0.717) is 44.2 Å². The van der Waals surface area contributed by atoms with Gasteiger partial charge in [-0.1, -0.05) is 0 Å². The number of rotatable bonds is 4. The van der Waals surface area contributed by atoms with Crippen LogP contribution in [-0.4, -0.2) is 83.5 Å². The van der Waals surface area contributed by atoms with Crippen molar-refractivity contribution in [1.29, 1.82) is 0 Å². The highest BCUT2D eigenvalue weighted by atomic mass is 16.5. The summed E-state index contributed by atoms with van der Waals surface area (Å²) >= 11 is 0. The van der Waals surface area contributed by atoms with E-state index in [1.807, 2.05) is 0 Å². The van der Waals surface area contributed by atoms with Gasteiger partial charge in [-0.2, -0.15) is 5.10 Å². The Morgan fingerprint density at radius 3 is 2.72 bits per heavy atom. The van der Waals surface area contributed by atoms with Crippen LogP contribution in [0.15, 0.2) is 35.2 Å². The van der Waals surface area contributed by atoms with Crippen molar-refractivity contribution < 1.29 is 19.6 Å². The summed E-state index contributed by atoms with van der Waals surface area (Å²) in [4.78, 5) is 18.4. The average Bonchev–Trinajstić information content (AvgIpc) is 2.62. The Balaban J connectivity index is 1.66. The summed E-state index contributed by atoms with van der Waals surface area (Å²) < 4.78 is 5.25. The molecule has 3 heterocycles. The van der Waals surface area contributed by atoms with Crippen molar-refractivity contribution in [2.45, 2.75) is 0 Å². The average molecular weight is 345 g/mol. The molecule has 0 radical (unpaired) electrons. The van der Waals surface area contributed by atoms with Gasteiger partial charge in [0.2, 0.25) is 0 Å². The Morgan fingerprint density at radius 2 is 2.08 bits per heavy atom. The van der Waals surface area contributed by atoms with Crippen LogP contribution >= 0.6 is 0 Å². The second kappa shape index (κ2) is 7.64. The van der Waals surface area contributed by atoms with E-state index in [-0.39, 0.29) is 11.5 Å². The lowest BCUT2D eigenvalue weighted by Crippen LogP contribution is -2.40. The fourth-order valence-corrected chi connectivity index (χ4v) is 2.64. The number of hydrazone groups is 1. The van der Waals surface area contributed by atoms with Gasteiger partial charge in [0, 0.05) is 32.0 Å². The maximum atomic E-state index is 12.4. The van der Waals surface area contributed by atoms with E-state index in [0.717, 1.165) is 5.70 Å². The van der Waals surface area contributed by atoms with Crippen LogP contribution < -0.4 is 5.32 Å². The van der Waals surface area contributed by atoms with Crippen molar-refractivity contribution in [3.63, 3.8) is 0 Å². The predicted molar refractivity (Wildman–Crippen MR) is 92.9 cm³/mol. The molecule has 3 rings (SSSR count). The molecule has 10 heteroatoms. The number of ether oxygens (including phenoxy) is 1. The molecule has 25 heavy (non-hydrogen) atoms. The highest BCUT2D eigenvalue weighted by molar-refractivity contribution is 6.82. The third kappa shape index (κ3) is 4.35. The van der Waals surface area contributed by atoms with Crippen LogP contribution in [0.1, 0.15) is 10.4 Å². The zero-order valence-corrected chi connectivity index (χ0v) is 13.9. The van der Waals surface area contributed by atoms with Gasteiger partial charge in [0.1, 0.15) is 5.82 Å². The number of hydrogen-bond donors (Lipinski definition) is 3. The van der Waals surface area contributed by atoms with Crippen molar-refractivity contribution in [2.75, 3.05) is 45.2 Å². The van der Waals surface area contributed by atoms with Crippen molar-refractivity contribution in [3.8, 4) is 0 Å². The summed E-state index contributed by atoms with van der Waals surface area (Å²) in [6.07, 6.45) is 3.10. The summed E-state index contributed by atoms with van der Waals surface area (Å²) in [6, 6.07) is 3.44. The van der Waals surface area contributed by atoms with Gasteiger partial charge in [0.05, 0.1) is 30.9 Å². The lowest BCUT2D eigenvalue weighted by Gasteiger charge is -2.26. The lowest BCUT2D eigenvalue weighted by molar-refractivity contribution is 0.0302. The summed E-state index contributed by atoms with van der Waals surface area (Å²) in [5, 5.41) is 27.2. The number of aromatic nitrogens is 1. The smallest absolute Gasteiger partial charge is 0.422 e. The molecule has 1 fully saturated rings. The zero-order chi connectivity index (χ0) is 17.8. The monoisotopic (exact) mass is 345 g/mol. The number of amides is 1. The first kappa shape index (κ1) is 17.4. The number of anilines is 1. The molecule has 0 unspecified atom stereocenters. The quantitative estimate of drug-likeness (QED) is 0.611. The van der Waals surface area contributed by atoms with Crippen molar-refractivity contribution in [3.05, 3.63) is 35.7 Å². The molecule has 0 saturated carbocycles. The number of pyridine rings is 1. The van der Waals surface area contributed by atoms with E-state index in [4.69, 9.17) is 4.74 Å². The minimum absolute atomic E-state index is 0.0585. The van der Waals surface area contributed by atoms with Gasteiger partial charge in [-0.3, -0.25) is 9.80 Å². The second-order valence-corrected chi connectivity index (χ2v) is 5.85. The van der Waals surface area contributed by atoms with Gasteiger partial charge in [0.15, 0.2) is 0 Å². The molecule has 132 valence electrons. The van der Waals surface area contributed by atoms with Crippen molar-refractivity contribution in [2.24, 2.45) is 5.10 Å². The first-order valence-electron chi connectivity index (χ1n) is 7.99. The largest absolute Gasteiger partial charge is 0.510 e. The molecule has 3 N–H and O–H groups in total. The Labute approximate surface area is 145 Å². The number of nitrogens with one attached hydrogen (secondary N) is 1. The lowest BCUT2D eigenvalue weighted by atomic mass is 9.82. The number of likely N-dealkylation sites (N-methyl/N-ethyl adjacent to an activating group) is 1. The molecule has 1 amide bonds. The molecule has 0 aromatic carbocycles. The second-order valence-electron chi connectivity index (χ2n) is 5.85. The highest BCUT2D eigenvalue weighted by Gasteiger charge is 2.21. The normalized spacial score (nSPS) is 17.7. The third-order valence-corrected chi connectivity index (χ3v) is 3.87. The topological polar surface area (TPSA) is 111 Å². The Kier molecular flexibility index (Phi) is 5.32. The number of carbonyl (C=O) groups is 1. The van der Waals surface area contributed by atoms with E-state index in [9.17, 15) is 14.8 Å². The van der Waals surface area contributed by atoms with Gasteiger partial charge >= 0.3 is 7.12 Å². The first-order valence-corrected chi connectivity index (χ1v) is 7.99. The zero-order valence-electron chi connectivity index (χ0n) is 13.9. The first-order chi connectivity index (χ1) is 12.0. The van der Waals surface area contributed by atoms with Crippen LogP contribution in [-0.2, 0) is 4.74 Å². The predicted octanol–water partition coefficient (Wildman–Crippen LogP) is -0.837. The SMILES string of the molecule is CN1CC(Nc2ccc(C(=O)N3CCOCC3)cn2)=CC(B(O)O)=N1. The van der Waals surface area contributed by atoms with Crippen LogP contribution in [0.25, 0.3) is 0 Å². The van der Waals surface area contributed by atoms with E-state index in [2.05, 4.69) is 15.4 Å². The molecule has 1 aromatic rings. The van der Waals surface area contributed by atoms with Gasteiger partial charge in [-0.25, -0.2) is 4.98 Å². The fourth-order valence-electron chi connectivity index (χ4n) is 2.64. The van der Waals surface area contributed by atoms with E-state index < -0.39 is 7.12 Å². The molecule has 2 aliphatic rings. The summed E-state index contributed by atoms with van der Waals surface area (Å²) in [7, 11) is 0.0928. The number of nitrogens with zero attached hydrogens (tertiary/aromatic N) is 4. The molecule has 9 nitrogen and oxygen atoms in total. The van der Waals surface area contributed by atoms with E-state index >= 15 is 0 Å². The molecular weight excluding hydrogens is 325 g/mol. The minimum atomic E-state index is -1.64. The van der Waals surface area contributed by atoms with Crippen LogP contribution in [0, 0.1) is 0 Å². The number of morpholine rings is 1. The Bertz CT molecular complexity index is 686. The fraction of sp³-hybridized carbons (Fsp3) is 0.400. The molecular formula is C15H20BN5O4. The van der Waals surface area contributed by atoms with Gasteiger partial charge in [0.25, 0.3) is 5.91 Å². The Morgan fingerprint density at radius 1 is 1.32 bits per heavy atom. The van der Waals surface area contributed by atoms with E-state index in [1.54, 1.807) is 35.2 Å². The summed E-state index contributed by atoms with van der Waals surface area (Å²) in [6.45, 7) is 2.77. The molecule has 1 saturated heterocycles. The number of hydrogen-bond acceptors (Lipinski definition) is 8.